The molecule has 1 atom stereocenters. The lowest BCUT2D eigenvalue weighted by molar-refractivity contribution is 0.403. The van der Waals surface area contributed by atoms with Gasteiger partial charge in [-0.1, -0.05) is 5.16 Å². The van der Waals surface area contributed by atoms with Gasteiger partial charge in [-0.15, -0.1) is 0 Å². The molecule has 2 aromatic rings. The Labute approximate surface area is 121 Å². The first-order chi connectivity index (χ1) is 9.98. The average molecular weight is 310 g/mol. The molecule has 0 bridgehead atoms. The largest absolute Gasteiger partial charge is 0.507 e. The van der Waals surface area contributed by atoms with Crippen LogP contribution in [0.15, 0.2) is 22.7 Å². The van der Waals surface area contributed by atoms with Gasteiger partial charge in [0, 0.05) is 12.0 Å². The van der Waals surface area contributed by atoms with Gasteiger partial charge < -0.3 is 14.4 Å². The Morgan fingerprint density at radius 3 is 2.86 bits per heavy atom. The van der Waals surface area contributed by atoms with Crippen molar-refractivity contribution < 1.29 is 22.8 Å². The van der Waals surface area contributed by atoms with Crippen LogP contribution in [0.1, 0.15) is 18.2 Å². The average Bonchev–Trinajstić information content (AvgIpc) is 3.05. The smallest absolute Gasteiger partial charge is 0.261 e. The highest BCUT2D eigenvalue weighted by molar-refractivity contribution is 7.91. The second-order valence-electron chi connectivity index (χ2n) is 4.94. The number of ether oxygens (including phenoxy) is 1. The number of rotatable bonds is 3. The van der Waals surface area contributed by atoms with Gasteiger partial charge in [0.2, 0.25) is 0 Å². The van der Waals surface area contributed by atoms with Crippen LogP contribution < -0.4 is 4.74 Å². The molecule has 0 spiro atoms. The minimum absolute atomic E-state index is 0.0383. The van der Waals surface area contributed by atoms with Gasteiger partial charge in [0.15, 0.2) is 15.7 Å². The Kier molecular flexibility index (Phi) is 3.32. The second-order valence-corrected chi connectivity index (χ2v) is 7.17. The number of hydrogen-bond donors (Lipinski definition) is 1. The Hall–Kier alpha value is -2.09. The molecule has 0 aliphatic carbocycles. The van der Waals surface area contributed by atoms with E-state index >= 15 is 0 Å². The molecule has 0 saturated carbocycles. The molecule has 1 fully saturated rings. The maximum atomic E-state index is 11.5. The number of methoxy groups -OCH3 is 1. The van der Waals surface area contributed by atoms with Gasteiger partial charge in [-0.2, -0.15) is 4.98 Å². The summed E-state index contributed by atoms with van der Waals surface area (Å²) in [5.41, 5.74) is 0.385. The molecule has 1 aromatic heterocycles. The number of aromatic hydroxyl groups is 1. The number of benzene rings is 1. The number of phenolic OH excluding ortho intramolecular Hbond substituents is 1. The van der Waals surface area contributed by atoms with Gasteiger partial charge in [-0.25, -0.2) is 8.42 Å². The maximum Gasteiger partial charge on any atom is 0.261 e. The van der Waals surface area contributed by atoms with Crippen LogP contribution in [0.4, 0.5) is 0 Å². The first-order valence-corrected chi connectivity index (χ1v) is 8.22. The molecule has 0 amide bonds. The van der Waals surface area contributed by atoms with E-state index in [1.807, 2.05) is 0 Å². The van der Waals surface area contributed by atoms with E-state index in [4.69, 9.17) is 9.26 Å². The molecule has 1 unspecified atom stereocenters. The van der Waals surface area contributed by atoms with Crippen LogP contribution in [0.2, 0.25) is 0 Å². The minimum atomic E-state index is -3.00. The highest BCUT2D eigenvalue weighted by atomic mass is 32.2. The zero-order valence-electron chi connectivity index (χ0n) is 11.3. The lowest BCUT2D eigenvalue weighted by Crippen LogP contribution is -2.05. The molecule has 7 nitrogen and oxygen atoms in total. The summed E-state index contributed by atoms with van der Waals surface area (Å²) in [6.45, 7) is 0. The Morgan fingerprint density at radius 1 is 1.43 bits per heavy atom. The van der Waals surface area contributed by atoms with Gasteiger partial charge in [0.05, 0.1) is 24.2 Å². The number of sulfone groups is 1. The molecular weight excluding hydrogens is 296 g/mol. The Balaban J connectivity index is 1.89. The van der Waals surface area contributed by atoms with Crippen molar-refractivity contribution in [2.45, 2.75) is 12.3 Å². The summed E-state index contributed by atoms with van der Waals surface area (Å²) in [5, 5.41) is 13.8. The van der Waals surface area contributed by atoms with E-state index in [0.717, 1.165) is 0 Å². The second kappa shape index (κ2) is 5.03. The summed E-state index contributed by atoms with van der Waals surface area (Å²) in [4.78, 5) is 4.20. The summed E-state index contributed by atoms with van der Waals surface area (Å²) >= 11 is 0. The number of nitrogens with zero attached hydrogens (tertiary/aromatic N) is 2. The van der Waals surface area contributed by atoms with E-state index in [9.17, 15) is 13.5 Å². The van der Waals surface area contributed by atoms with Crippen molar-refractivity contribution in [3.8, 4) is 23.0 Å². The Morgan fingerprint density at radius 2 is 2.24 bits per heavy atom. The summed E-state index contributed by atoms with van der Waals surface area (Å²) in [6.07, 6.45) is 0.496. The zero-order chi connectivity index (χ0) is 15.0. The van der Waals surface area contributed by atoms with Gasteiger partial charge in [-0.05, 0) is 18.6 Å². The monoisotopic (exact) mass is 310 g/mol. The van der Waals surface area contributed by atoms with Crippen molar-refractivity contribution in [1.29, 1.82) is 0 Å². The lowest BCUT2D eigenvalue weighted by Gasteiger charge is -2.03. The van der Waals surface area contributed by atoms with Crippen LogP contribution in [-0.2, 0) is 9.84 Å². The normalized spacial score (nSPS) is 20.5. The zero-order valence-corrected chi connectivity index (χ0v) is 12.1. The lowest BCUT2D eigenvalue weighted by atomic mass is 10.1. The first kappa shape index (κ1) is 13.9. The molecule has 1 aromatic carbocycles. The number of phenols is 1. The fourth-order valence-corrected chi connectivity index (χ4v) is 4.07. The van der Waals surface area contributed by atoms with E-state index < -0.39 is 9.84 Å². The number of hydrogen-bond acceptors (Lipinski definition) is 7. The molecule has 21 heavy (non-hydrogen) atoms. The van der Waals surface area contributed by atoms with Crippen molar-refractivity contribution in [2.24, 2.45) is 0 Å². The standard InChI is InChI=1S/C13H14N2O5S/c1-19-9-2-3-10(11(16)6-9)13-14-12(15-20-13)8-4-5-21(17,18)7-8/h2-3,6,8,16H,4-5,7H2,1H3. The summed E-state index contributed by atoms with van der Waals surface area (Å²) in [7, 11) is -1.50. The van der Waals surface area contributed by atoms with Crippen molar-refractivity contribution in [3.05, 3.63) is 24.0 Å². The van der Waals surface area contributed by atoms with Crippen molar-refractivity contribution in [3.63, 3.8) is 0 Å². The fraction of sp³-hybridized carbons (Fsp3) is 0.385. The predicted octanol–water partition coefficient (Wildman–Crippen LogP) is 1.35. The van der Waals surface area contributed by atoms with Crippen LogP contribution in [0.5, 0.6) is 11.5 Å². The highest BCUT2D eigenvalue weighted by Gasteiger charge is 2.32. The van der Waals surface area contributed by atoms with Crippen LogP contribution >= 0.6 is 0 Å². The third kappa shape index (κ3) is 2.71. The van der Waals surface area contributed by atoms with E-state index in [1.54, 1.807) is 12.1 Å². The molecule has 1 aliphatic heterocycles. The maximum absolute atomic E-state index is 11.5. The number of aromatic nitrogens is 2. The minimum Gasteiger partial charge on any atom is -0.507 e. The topological polar surface area (TPSA) is 103 Å². The molecule has 3 rings (SSSR count). The van der Waals surface area contributed by atoms with Crippen LogP contribution in [0.3, 0.4) is 0 Å². The van der Waals surface area contributed by atoms with E-state index in [-0.39, 0.29) is 29.1 Å². The molecule has 1 N–H and O–H groups in total. The van der Waals surface area contributed by atoms with Crippen LogP contribution in [-0.4, -0.2) is 42.3 Å². The first-order valence-electron chi connectivity index (χ1n) is 6.40. The van der Waals surface area contributed by atoms with Gasteiger partial charge >= 0.3 is 0 Å². The van der Waals surface area contributed by atoms with Crippen molar-refractivity contribution in [1.82, 2.24) is 10.1 Å². The summed E-state index contributed by atoms with van der Waals surface area (Å²) in [6, 6.07) is 4.72. The summed E-state index contributed by atoms with van der Waals surface area (Å²) in [5.74, 6) is 0.945. The molecule has 1 saturated heterocycles. The van der Waals surface area contributed by atoms with E-state index in [2.05, 4.69) is 10.1 Å². The molecule has 112 valence electrons. The SMILES string of the molecule is COc1ccc(-c2nc(C3CCS(=O)(=O)C3)no2)c(O)c1. The summed E-state index contributed by atoms with van der Waals surface area (Å²) < 4.78 is 33.1. The highest BCUT2D eigenvalue weighted by Crippen LogP contribution is 2.33. The van der Waals surface area contributed by atoms with Gasteiger partial charge in [0.25, 0.3) is 5.89 Å². The third-order valence-corrected chi connectivity index (χ3v) is 5.24. The van der Waals surface area contributed by atoms with Crippen molar-refractivity contribution in [2.75, 3.05) is 18.6 Å². The molecule has 8 heteroatoms. The fourth-order valence-electron chi connectivity index (χ4n) is 2.33. The van der Waals surface area contributed by atoms with Crippen LogP contribution in [0.25, 0.3) is 11.5 Å². The molecule has 1 aliphatic rings. The quantitative estimate of drug-likeness (QED) is 0.912. The molecule has 0 radical (unpaired) electrons. The predicted molar refractivity (Wildman–Crippen MR) is 74.0 cm³/mol. The van der Waals surface area contributed by atoms with E-state index in [1.165, 1.54) is 13.2 Å². The van der Waals surface area contributed by atoms with Crippen LogP contribution in [0, 0.1) is 0 Å². The van der Waals surface area contributed by atoms with Gasteiger partial charge in [-0.3, -0.25) is 0 Å². The van der Waals surface area contributed by atoms with E-state index in [0.29, 0.717) is 23.6 Å². The van der Waals surface area contributed by atoms with Gasteiger partial charge in [0.1, 0.15) is 11.5 Å². The third-order valence-electron chi connectivity index (χ3n) is 3.47. The Bertz CT molecular complexity index is 769. The molecule has 2 heterocycles. The molecular formula is C13H14N2O5S. The van der Waals surface area contributed by atoms with Crippen molar-refractivity contribution >= 4 is 9.84 Å².